The molecule has 2 heterocycles. The van der Waals surface area contributed by atoms with Crippen LogP contribution in [0.4, 0.5) is 5.13 Å². The van der Waals surface area contributed by atoms with E-state index in [1.165, 1.54) is 30.6 Å². The number of furan rings is 1. The highest BCUT2D eigenvalue weighted by Gasteiger charge is 2.16. The van der Waals surface area contributed by atoms with Gasteiger partial charge in [0.2, 0.25) is 0 Å². The predicted molar refractivity (Wildman–Crippen MR) is 80.4 cm³/mol. The summed E-state index contributed by atoms with van der Waals surface area (Å²) in [6.45, 7) is 0.426. The Morgan fingerprint density at radius 2 is 2.24 bits per heavy atom. The molecule has 2 aromatic rings. The normalized spacial score (nSPS) is 16.0. The molecular weight excluding hydrogens is 288 g/mol. The van der Waals surface area contributed by atoms with E-state index in [1.54, 1.807) is 23.7 Å². The van der Waals surface area contributed by atoms with Crippen LogP contribution in [0.15, 0.2) is 28.1 Å². The minimum absolute atomic E-state index is 0.283. The molecule has 1 aliphatic rings. The summed E-state index contributed by atoms with van der Waals surface area (Å²) in [4.78, 5) is 16.0. The fraction of sp³-hybridized carbons (Fsp3) is 0.467. The molecular formula is C15H18N2O3S. The molecule has 1 saturated carbocycles. The van der Waals surface area contributed by atoms with Gasteiger partial charge in [-0.2, -0.15) is 0 Å². The molecule has 1 amide bonds. The maximum Gasteiger partial charge on any atom is 0.293 e. The third kappa shape index (κ3) is 3.92. The van der Waals surface area contributed by atoms with E-state index in [0.717, 1.165) is 12.8 Å². The van der Waals surface area contributed by atoms with Crippen molar-refractivity contribution >= 4 is 22.4 Å². The molecule has 112 valence electrons. The lowest BCUT2D eigenvalue weighted by molar-refractivity contribution is 0.00849. The molecule has 0 aromatic carbocycles. The number of hydrogen-bond donors (Lipinski definition) is 1. The van der Waals surface area contributed by atoms with Gasteiger partial charge in [0, 0.05) is 11.6 Å². The second-order valence-corrected chi connectivity index (χ2v) is 6.02. The first-order valence-corrected chi connectivity index (χ1v) is 8.10. The summed E-state index contributed by atoms with van der Waals surface area (Å²) in [6, 6.07) is 3.46. The van der Waals surface area contributed by atoms with Crippen molar-refractivity contribution in [3.05, 3.63) is 35.2 Å². The van der Waals surface area contributed by atoms with Crippen LogP contribution in [0.5, 0.6) is 0 Å². The van der Waals surface area contributed by atoms with Crippen molar-refractivity contribution < 1.29 is 13.9 Å². The fourth-order valence-corrected chi connectivity index (χ4v) is 2.98. The number of thiazole rings is 1. The van der Waals surface area contributed by atoms with Gasteiger partial charge in [0.1, 0.15) is 12.4 Å². The molecule has 0 radical (unpaired) electrons. The average Bonchev–Trinajstić information content (AvgIpc) is 3.17. The lowest BCUT2D eigenvalue weighted by Crippen LogP contribution is -2.16. The van der Waals surface area contributed by atoms with E-state index in [1.807, 2.05) is 0 Å². The van der Waals surface area contributed by atoms with Crippen molar-refractivity contribution in [1.29, 1.82) is 0 Å². The summed E-state index contributed by atoms with van der Waals surface area (Å²) in [5.41, 5.74) is 0. The summed E-state index contributed by atoms with van der Waals surface area (Å²) >= 11 is 1.37. The van der Waals surface area contributed by atoms with Crippen LogP contribution in [0.25, 0.3) is 0 Å². The molecule has 0 bridgehead atoms. The Hall–Kier alpha value is -1.66. The first-order valence-electron chi connectivity index (χ1n) is 7.22. The first kappa shape index (κ1) is 14.3. The van der Waals surface area contributed by atoms with E-state index in [2.05, 4.69) is 10.3 Å². The van der Waals surface area contributed by atoms with E-state index in [-0.39, 0.29) is 11.7 Å². The summed E-state index contributed by atoms with van der Waals surface area (Å²) < 4.78 is 11.4. The van der Waals surface area contributed by atoms with Gasteiger partial charge in [-0.3, -0.25) is 10.1 Å². The molecule has 0 saturated heterocycles. The second-order valence-electron chi connectivity index (χ2n) is 5.13. The van der Waals surface area contributed by atoms with E-state index in [0.29, 0.717) is 23.6 Å². The van der Waals surface area contributed by atoms with Crippen molar-refractivity contribution in [1.82, 2.24) is 4.98 Å². The van der Waals surface area contributed by atoms with Gasteiger partial charge in [-0.15, -0.1) is 11.3 Å². The smallest absolute Gasteiger partial charge is 0.293 e. The Kier molecular flexibility index (Phi) is 4.67. The number of carbonyl (C=O) groups excluding carboxylic acids is 1. The Bertz CT molecular complexity index is 574. The molecule has 0 unspecified atom stereocenters. The van der Waals surface area contributed by atoms with Crippen molar-refractivity contribution in [3.8, 4) is 0 Å². The highest BCUT2D eigenvalue weighted by atomic mass is 32.1. The fourth-order valence-electron chi connectivity index (χ4n) is 2.45. The molecule has 2 aromatic heterocycles. The molecule has 6 heteroatoms. The minimum Gasteiger partial charge on any atom is -0.453 e. The largest absolute Gasteiger partial charge is 0.453 e. The highest BCUT2D eigenvalue weighted by Crippen LogP contribution is 2.22. The van der Waals surface area contributed by atoms with Crippen LogP contribution in [-0.2, 0) is 11.3 Å². The zero-order valence-electron chi connectivity index (χ0n) is 11.7. The number of rotatable bonds is 5. The van der Waals surface area contributed by atoms with Crippen LogP contribution in [-0.4, -0.2) is 17.0 Å². The summed E-state index contributed by atoms with van der Waals surface area (Å²) in [5, 5.41) is 5.06. The highest BCUT2D eigenvalue weighted by molar-refractivity contribution is 7.13. The zero-order valence-corrected chi connectivity index (χ0v) is 12.5. The lowest BCUT2D eigenvalue weighted by atomic mass is 9.98. The van der Waals surface area contributed by atoms with Crippen LogP contribution >= 0.6 is 11.3 Å². The third-order valence-corrected chi connectivity index (χ3v) is 4.24. The van der Waals surface area contributed by atoms with Gasteiger partial charge < -0.3 is 9.15 Å². The van der Waals surface area contributed by atoms with Crippen molar-refractivity contribution in [3.63, 3.8) is 0 Å². The Morgan fingerprint density at radius 3 is 3.00 bits per heavy atom. The Labute approximate surface area is 127 Å². The quantitative estimate of drug-likeness (QED) is 0.911. The number of nitrogens with one attached hydrogen (secondary N) is 1. The predicted octanol–water partition coefficient (Wildman–Crippen LogP) is 3.84. The van der Waals surface area contributed by atoms with E-state index in [4.69, 9.17) is 9.15 Å². The van der Waals surface area contributed by atoms with Gasteiger partial charge in [-0.1, -0.05) is 19.3 Å². The zero-order chi connectivity index (χ0) is 14.5. The van der Waals surface area contributed by atoms with Crippen LogP contribution < -0.4 is 5.32 Å². The van der Waals surface area contributed by atoms with Crippen molar-refractivity contribution in [2.45, 2.75) is 44.8 Å². The number of carbonyl (C=O) groups is 1. The van der Waals surface area contributed by atoms with Gasteiger partial charge >= 0.3 is 0 Å². The van der Waals surface area contributed by atoms with E-state index >= 15 is 0 Å². The lowest BCUT2D eigenvalue weighted by Gasteiger charge is -2.21. The van der Waals surface area contributed by atoms with Gasteiger partial charge in [0.15, 0.2) is 10.9 Å². The van der Waals surface area contributed by atoms with Gasteiger partial charge in [0.05, 0.1) is 6.10 Å². The maximum atomic E-state index is 12.0. The monoisotopic (exact) mass is 306 g/mol. The van der Waals surface area contributed by atoms with E-state index < -0.39 is 0 Å². The first-order chi connectivity index (χ1) is 10.3. The molecule has 0 spiro atoms. The number of ether oxygens (including phenoxy) is 1. The molecule has 0 aliphatic heterocycles. The molecule has 3 rings (SSSR count). The Morgan fingerprint density at radius 1 is 1.38 bits per heavy atom. The van der Waals surface area contributed by atoms with Crippen LogP contribution in [0.2, 0.25) is 0 Å². The SMILES string of the molecule is O=C(Nc1nccs1)c1ccc(COC2CCCCC2)o1. The summed E-state index contributed by atoms with van der Waals surface area (Å²) in [5.74, 6) is 0.686. The average molecular weight is 306 g/mol. The molecule has 0 atom stereocenters. The van der Waals surface area contributed by atoms with Crippen LogP contribution in [0, 0.1) is 0 Å². The second kappa shape index (κ2) is 6.87. The summed E-state index contributed by atoms with van der Waals surface area (Å²) in [7, 11) is 0. The van der Waals surface area contributed by atoms with Crippen molar-refractivity contribution in [2.75, 3.05) is 5.32 Å². The molecule has 21 heavy (non-hydrogen) atoms. The minimum atomic E-state index is -0.283. The van der Waals surface area contributed by atoms with Crippen molar-refractivity contribution in [2.24, 2.45) is 0 Å². The molecule has 1 fully saturated rings. The molecule has 1 aliphatic carbocycles. The number of amides is 1. The standard InChI is InChI=1S/C15H18N2O3S/c18-14(17-15-16-8-9-21-15)13-7-6-12(20-13)10-19-11-4-2-1-3-5-11/h6-9,11H,1-5,10H2,(H,16,17,18). The Balaban J connectivity index is 1.52. The van der Waals surface area contributed by atoms with Gasteiger partial charge in [-0.25, -0.2) is 4.98 Å². The number of anilines is 1. The third-order valence-electron chi connectivity index (χ3n) is 3.55. The maximum absolute atomic E-state index is 12.0. The van der Waals surface area contributed by atoms with Gasteiger partial charge in [-0.05, 0) is 25.0 Å². The molecule has 5 nitrogen and oxygen atoms in total. The topological polar surface area (TPSA) is 64.4 Å². The van der Waals surface area contributed by atoms with Crippen LogP contribution in [0.3, 0.4) is 0 Å². The van der Waals surface area contributed by atoms with Gasteiger partial charge in [0.25, 0.3) is 5.91 Å². The van der Waals surface area contributed by atoms with E-state index in [9.17, 15) is 4.79 Å². The number of hydrogen-bond acceptors (Lipinski definition) is 5. The van der Waals surface area contributed by atoms with Crippen LogP contribution in [0.1, 0.15) is 48.4 Å². The number of aromatic nitrogens is 1. The molecule has 1 N–H and O–H groups in total. The number of nitrogens with zero attached hydrogens (tertiary/aromatic N) is 1. The summed E-state index contributed by atoms with van der Waals surface area (Å²) in [6.07, 6.45) is 8.01.